The number of aryl methyl sites for hydroxylation is 1. The Morgan fingerprint density at radius 3 is 2.85 bits per heavy atom. The third-order valence-electron chi connectivity index (χ3n) is 4.75. The van der Waals surface area contributed by atoms with Gasteiger partial charge in [-0.3, -0.25) is 14.9 Å². The molecule has 1 N–H and O–H groups in total. The Balaban J connectivity index is 1.67. The summed E-state index contributed by atoms with van der Waals surface area (Å²) in [4.78, 5) is 38.5. The second-order valence-electron chi connectivity index (χ2n) is 6.50. The summed E-state index contributed by atoms with van der Waals surface area (Å²) in [5.74, 6) is -1.15. The summed E-state index contributed by atoms with van der Waals surface area (Å²) in [7, 11) is 0. The Labute approximate surface area is 152 Å². The maximum absolute atomic E-state index is 12.6. The predicted molar refractivity (Wildman–Crippen MR) is 92.9 cm³/mol. The van der Waals surface area contributed by atoms with E-state index in [1.54, 1.807) is 11.8 Å². The van der Waals surface area contributed by atoms with Gasteiger partial charge in [0, 0.05) is 6.54 Å². The van der Waals surface area contributed by atoms with Crippen molar-refractivity contribution in [1.82, 2.24) is 10.2 Å². The van der Waals surface area contributed by atoms with Crippen LogP contribution in [-0.4, -0.2) is 54.2 Å². The average Bonchev–Trinajstić information content (AvgIpc) is 3.14. The van der Waals surface area contributed by atoms with E-state index in [0.29, 0.717) is 25.8 Å². The number of rotatable bonds is 7. The maximum Gasteiger partial charge on any atom is 0.330 e. The first-order chi connectivity index (χ1) is 12.6. The molecule has 2 heterocycles. The SMILES string of the molecule is CCOC(=O)[C@H](CCc1ccccc1)N[C@H]1OC(=O)[C@@H]2CCCN2C1=O. The molecule has 0 aromatic heterocycles. The summed E-state index contributed by atoms with van der Waals surface area (Å²) < 4.78 is 10.4. The van der Waals surface area contributed by atoms with Crippen LogP contribution in [0.2, 0.25) is 0 Å². The van der Waals surface area contributed by atoms with Gasteiger partial charge in [-0.2, -0.15) is 0 Å². The summed E-state index contributed by atoms with van der Waals surface area (Å²) in [5, 5.41) is 2.89. The van der Waals surface area contributed by atoms with E-state index in [1.165, 1.54) is 0 Å². The molecule has 7 nitrogen and oxygen atoms in total. The van der Waals surface area contributed by atoms with Crippen molar-refractivity contribution in [2.75, 3.05) is 13.2 Å². The van der Waals surface area contributed by atoms with Crippen molar-refractivity contribution in [2.24, 2.45) is 0 Å². The molecule has 2 saturated heterocycles. The van der Waals surface area contributed by atoms with Crippen LogP contribution in [0.1, 0.15) is 31.7 Å². The Morgan fingerprint density at radius 2 is 2.12 bits per heavy atom. The Morgan fingerprint density at radius 1 is 1.35 bits per heavy atom. The van der Waals surface area contributed by atoms with Crippen LogP contribution in [0.4, 0.5) is 0 Å². The fourth-order valence-corrected chi connectivity index (χ4v) is 3.43. The summed E-state index contributed by atoms with van der Waals surface area (Å²) in [6.07, 6.45) is 1.36. The van der Waals surface area contributed by atoms with Crippen LogP contribution in [0.3, 0.4) is 0 Å². The molecule has 0 bridgehead atoms. The van der Waals surface area contributed by atoms with Gasteiger partial charge < -0.3 is 14.4 Å². The lowest BCUT2D eigenvalue weighted by atomic mass is 10.0. The lowest BCUT2D eigenvalue weighted by molar-refractivity contribution is -0.179. The molecule has 0 saturated carbocycles. The fourth-order valence-electron chi connectivity index (χ4n) is 3.43. The molecule has 3 rings (SSSR count). The number of nitrogens with zero attached hydrogens (tertiary/aromatic N) is 1. The van der Waals surface area contributed by atoms with Gasteiger partial charge in [0.2, 0.25) is 6.23 Å². The van der Waals surface area contributed by atoms with E-state index in [1.807, 2.05) is 30.3 Å². The van der Waals surface area contributed by atoms with Crippen LogP contribution in [-0.2, 0) is 30.3 Å². The van der Waals surface area contributed by atoms with Gasteiger partial charge in [0.25, 0.3) is 5.91 Å². The highest BCUT2D eigenvalue weighted by molar-refractivity contribution is 5.93. The minimum absolute atomic E-state index is 0.245. The third kappa shape index (κ3) is 4.04. The highest BCUT2D eigenvalue weighted by Gasteiger charge is 2.46. The number of benzene rings is 1. The zero-order valence-electron chi connectivity index (χ0n) is 14.8. The zero-order chi connectivity index (χ0) is 18.5. The van der Waals surface area contributed by atoms with E-state index < -0.39 is 30.3 Å². The van der Waals surface area contributed by atoms with E-state index in [-0.39, 0.29) is 12.5 Å². The van der Waals surface area contributed by atoms with Crippen molar-refractivity contribution in [1.29, 1.82) is 0 Å². The molecule has 7 heteroatoms. The van der Waals surface area contributed by atoms with E-state index in [9.17, 15) is 14.4 Å². The van der Waals surface area contributed by atoms with Gasteiger partial charge in [-0.25, -0.2) is 4.79 Å². The molecule has 2 aliphatic rings. The van der Waals surface area contributed by atoms with Gasteiger partial charge in [0.1, 0.15) is 12.1 Å². The highest BCUT2D eigenvalue weighted by Crippen LogP contribution is 2.24. The van der Waals surface area contributed by atoms with Gasteiger partial charge in [0.05, 0.1) is 6.61 Å². The second kappa shape index (κ2) is 8.31. The molecule has 0 unspecified atom stereocenters. The molecule has 1 aromatic rings. The molecule has 1 aromatic carbocycles. The van der Waals surface area contributed by atoms with Gasteiger partial charge >= 0.3 is 11.9 Å². The van der Waals surface area contributed by atoms with E-state index in [2.05, 4.69) is 5.32 Å². The number of carbonyl (C=O) groups is 3. The number of ether oxygens (including phenoxy) is 2. The number of hydrogen-bond acceptors (Lipinski definition) is 6. The number of amides is 1. The fraction of sp³-hybridized carbons (Fsp3) is 0.526. The van der Waals surface area contributed by atoms with Gasteiger partial charge in [-0.05, 0) is 38.2 Å². The molecule has 140 valence electrons. The Hall–Kier alpha value is -2.41. The van der Waals surface area contributed by atoms with Crippen LogP contribution in [0.15, 0.2) is 30.3 Å². The maximum atomic E-state index is 12.6. The van der Waals surface area contributed by atoms with Crippen molar-refractivity contribution >= 4 is 17.8 Å². The topological polar surface area (TPSA) is 84.9 Å². The van der Waals surface area contributed by atoms with Crippen LogP contribution in [0, 0.1) is 0 Å². The molecule has 2 aliphatic heterocycles. The number of cyclic esters (lactones) is 1. The van der Waals surface area contributed by atoms with Crippen LogP contribution in [0.25, 0.3) is 0 Å². The summed E-state index contributed by atoms with van der Waals surface area (Å²) >= 11 is 0. The summed E-state index contributed by atoms with van der Waals surface area (Å²) in [6.45, 7) is 2.52. The number of carbonyl (C=O) groups excluding carboxylic acids is 3. The highest BCUT2D eigenvalue weighted by atomic mass is 16.6. The normalized spacial score (nSPS) is 23.3. The first-order valence-corrected chi connectivity index (χ1v) is 9.07. The third-order valence-corrected chi connectivity index (χ3v) is 4.75. The first-order valence-electron chi connectivity index (χ1n) is 9.07. The quantitative estimate of drug-likeness (QED) is 0.731. The molecule has 0 aliphatic carbocycles. The monoisotopic (exact) mass is 360 g/mol. The molecule has 1 amide bonds. The van der Waals surface area contributed by atoms with Gasteiger partial charge in [-0.15, -0.1) is 0 Å². The van der Waals surface area contributed by atoms with Crippen LogP contribution < -0.4 is 5.32 Å². The lowest BCUT2D eigenvalue weighted by Gasteiger charge is -2.35. The Bertz CT molecular complexity index is 663. The largest absolute Gasteiger partial charge is 0.465 e. The number of esters is 2. The lowest BCUT2D eigenvalue weighted by Crippen LogP contribution is -2.61. The smallest absolute Gasteiger partial charge is 0.330 e. The van der Waals surface area contributed by atoms with Crippen molar-refractivity contribution in [3.63, 3.8) is 0 Å². The number of nitrogens with one attached hydrogen (secondary N) is 1. The van der Waals surface area contributed by atoms with Crippen molar-refractivity contribution in [2.45, 2.75) is 50.9 Å². The molecule has 2 fully saturated rings. The number of morpholine rings is 1. The minimum Gasteiger partial charge on any atom is -0.465 e. The van der Waals surface area contributed by atoms with Crippen molar-refractivity contribution in [3.8, 4) is 0 Å². The number of hydrogen-bond donors (Lipinski definition) is 1. The number of fused-ring (bicyclic) bond motifs is 1. The standard InChI is InChI=1S/C19H24N2O5/c1-2-25-18(23)14(11-10-13-7-4-3-5-8-13)20-16-17(22)21-12-6-9-15(21)19(24)26-16/h3-5,7-8,14-16,20H,2,6,9-12H2,1H3/t14-,15-,16-/m0/s1. The molecular weight excluding hydrogens is 336 g/mol. The predicted octanol–water partition coefficient (Wildman–Crippen LogP) is 1.01. The van der Waals surface area contributed by atoms with Crippen molar-refractivity contribution in [3.05, 3.63) is 35.9 Å². The van der Waals surface area contributed by atoms with Crippen LogP contribution >= 0.6 is 0 Å². The summed E-state index contributed by atoms with van der Waals surface area (Å²) in [6, 6.07) is 8.54. The molecule has 26 heavy (non-hydrogen) atoms. The first kappa shape index (κ1) is 18.4. The summed E-state index contributed by atoms with van der Waals surface area (Å²) in [5.41, 5.74) is 1.08. The van der Waals surface area contributed by atoms with E-state index >= 15 is 0 Å². The average molecular weight is 360 g/mol. The van der Waals surface area contributed by atoms with E-state index in [0.717, 1.165) is 12.0 Å². The second-order valence-corrected chi connectivity index (χ2v) is 6.50. The van der Waals surface area contributed by atoms with Crippen molar-refractivity contribution < 1.29 is 23.9 Å². The minimum atomic E-state index is -1.14. The molecular formula is C19H24N2O5. The Kier molecular flexibility index (Phi) is 5.88. The van der Waals surface area contributed by atoms with Gasteiger partial charge in [-0.1, -0.05) is 30.3 Å². The molecule has 0 spiro atoms. The molecule has 0 radical (unpaired) electrons. The van der Waals surface area contributed by atoms with Crippen LogP contribution in [0.5, 0.6) is 0 Å². The van der Waals surface area contributed by atoms with Gasteiger partial charge in [0.15, 0.2) is 0 Å². The van der Waals surface area contributed by atoms with E-state index in [4.69, 9.17) is 9.47 Å². The molecule has 3 atom stereocenters. The zero-order valence-corrected chi connectivity index (χ0v) is 14.8.